The number of methoxy groups -OCH3 is 1. The van der Waals surface area contributed by atoms with Gasteiger partial charge in [0.15, 0.2) is 0 Å². The molecular formula is C18H25N3O2. The molecule has 1 aromatic carbocycles. The molecule has 2 N–H and O–H groups in total. The standard InChI is InChI=1S/C18H25N3O2/c1-4-15-6-8-16(9-7-15)14(2)21-13-17(12-19)18(22)20-10-5-11-23-3/h6-9,13-14,21H,4-5,10-11H2,1-3H3,(H,20,22)/b17-13-. The first-order chi connectivity index (χ1) is 11.1. The highest BCUT2D eigenvalue weighted by Crippen LogP contribution is 2.14. The van der Waals surface area contributed by atoms with E-state index in [2.05, 4.69) is 41.8 Å². The number of hydrogen-bond acceptors (Lipinski definition) is 4. The van der Waals surface area contributed by atoms with Gasteiger partial charge in [-0.05, 0) is 30.9 Å². The van der Waals surface area contributed by atoms with Crippen LogP contribution in [0.1, 0.15) is 37.4 Å². The topological polar surface area (TPSA) is 74.2 Å². The number of nitriles is 1. The highest BCUT2D eigenvalue weighted by molar-refractivity contribution is 5.97. The van der Waals surface area contributed by atoms with Crippen molar-refractivity contribution in [2.75, 3.05) is 20.3 Å². The third-order valence-corrected chi connectivity index (χ3v) is 3.54. The molecule has 0 heterocycles. The lowest BCUT2D eigenvalue weighted by Gasteiger charge is -2.13. The van der Waals surface area contributed by atoms with E-state index in [9.17, 15) is 4.79 Å². The molecule has 1 atom stereocenters. The van der Waals surface area contributed by atoms with E-state index in [1.54, 1.807) is 7.11 Å². The molecule has 0 saturated heterocycles. The van der Waals surface area contributed by atoms with Crippen molar-refractivity contribution in [3.8, 4) is 6.07 Å². The van der Waals surface area contributed by atoms with E-state index in [1.807, 2.05) is 13.0 Å². The average Bonchev–Trinajstić information content (AvgIpc) is 2.59. The largest absolute Gasteiger partial charge is 0.385 e. The van der Waals surface area contributed by atoms with Crippen molar-refractivity contribution in [1.82, 2.24) is 10.6 Å². The van der Waals surface area contributed by atoms with E-state index in [1.165, 1.54) is 11.8 Å². The first kappa shape index (κ1) is 18.7. The summed E-state index contributed by atoms with van der Waals surface area (Å²) in [5, 5.41) is 14.9. The minimum atomic E-state index is -0.371. The van der Waals surface area contributed by atoms with Crippen LogP contribution in [0.4, 0.5) is 0 Å². The van der Waals surface area contributed by atoms with Gasteiger partial charge in [0.25, 0.3) is 5.91 Å². The van der Waals surface area contributed by atoms with Crippen LogP contribution in [0.25, 0.3) is 0 Å². The van der Waals surface area contributed by atoms with Crippen molar-refractivity contribution < 1.29 is 9.53 Å². The number of amides is 1. The molecular weight excluding hydrogens is 290 g/mol. The maximum absolute atomic E-state index is 11.9. The maximum Gasteiger partial charge on any atom is 0.263 e. The highest BCUT2D eigenvalue weighted by Gasteiger charge is 2.09. The van der Waals surface area contributed by atoms with Crippen molar-refractivity contribution >= 4 is 5.91 Å². The normalized spacial score (nSPS) is 12.3. The molecule has 0 aliphatic carbocycles. The van der Waals surface area contributed by atoms with Gasteiger partial charge in [0.2, 0.25) is 0 Å². The van der Waals surface area contributed by atoms with Gasteiger partial charge in [0.1, 0.15) is 11.6 Å². The molecule has 0 spiro atoms. The van der Waals surface area contributed by atoms with Gasteiger partial charge in [-0.2, -0.15) is 5.26 Å². The maximum atomic E-state index is 11.9. The SMILES string of the molecule is CCc1ccc(C(C)N/C=C(/C#N)C(=O)NCCCOC)cc1. The molecule has 1 rings (SSSR count). The van der Waals surface area contributed by atoms with Gasteiger partial charge < -0.3 is 15.4 Å². The molecule has 0 aromatic heterocycles. The van der Waals surface area contributed by atoms with Crippen LogP contribution in [0.2, 0.25) is 0 Å². The fourth-order valence-electron chi connectivity index (χ4n) is 2.01. The van der Waals surface area contributed by atoms with Gasteiger partial charge in [-0.15, -0.1) is 0 Å². The number of carbonyl (C=O) groups excluding carboxylic acids is 1. The molecule has 0 bridgehead atoms. The molecule has 1 unspecified atom stereocenters. The van der Waals surface area contributed by atoms with Crippen LogP contribution in [0, 0.1) is 11.3 Å². The van der Waals surface area contributed by atoms with Gasteiger partial charge in [-0.25, -0.2) is 0 Å². The lowest BCUT2D eigenvalue weighted by atomic mass is 10.1. The molecule has 0 aliphatic rings. The summed E-state index contributed by atoms with van der Waals surface area (Å²) < 4.78 is 4.91. The first-order valence-corrected chi connectivity index (χ1v) is 7.84. The van der Waals surface area contributed by atoms with E-state index < -0.39 is 0 Å². The Balaban J connectivity index is 2.57. The summed E-state index contributed by atoms with van der Waals surface area (Å²) in [6, 6.07) is 10.2. The molecule has 0 saturated carbocycles. The third-order valence-electron chi connectivity index (χ3n) is 3.54. The predicted molar refractivity (Wildman–Crippen MR) is 90.6 cm³/mol. The minimum Gasteiger partial charge on any atom is -0.385 e. The second-order valence-electron chi connectivity index (χ2n) is 5.26. The Morgan fingerprint density at radius 2 is 2.09 bits per heavy atom. The van der Waals surface area contributed by atoms with E-state index in [-0.39, 0.29) is 17.5 Å². The van der Waals surface area contributed by atoms with Crippen LogP contribution in [0.15, 0.2) is 36.0 Å². The quantitative estimate of drug-likeness (QED) is 0.417. The molecule has 5 nitrogen and oxygen atoms in total. The first-order valence-electron chi connectivity index (χ1n) is 7.84. The van der Waals surface area contributed by atoms with Crippen LogP contribution >= 0.6 is 0 Å². The zero-order valence-corrected chi connectivity index (χ0v) is 14.1. The molecule has 5 heteroatoms. The summed E-state index contributed by atoms with van der Waals surface area (Å²) in [4.78, 5) is 11.9. The summed E-state index contributed by atoms with van der Waals surface area (Å²) in [6.45, 7) is 5.17. The monoisotopic (exact) mass is 315 g/mol. The second-order valence-corrected chi connectivity index (χ2v) is 5.26. The number of nitrogens with one attached hydrogen (secondary N) is 2. The fourth-order valence-corrected chi connectivity index (χ4v) is 2.01. The summed E-state index contributed by atoms with van der Waals surface area (Å²) in [6.07, 6.45) is 3.20. The lowest BCUT2D eigenvalue weighted by Crippen LogP contribution is -2.27. The minimum absolute atomic E-state index is 0.0190. The fraction of sp³-hybridized carbons (Fsp3) is 0.444. The Bertz CT molecular complexity index is 559. The summed E-state index contributed by atoms with van der Waals surface area (Å²) in [7, 11) is 1.61. The number of aryl methyl sites for hydroxylation is 1. The summed E-state index contributed by atoms with van der Waals surface area (Å²) in [5.74, 6) is -0.371. The number of rotatable bonds is 9. The van der Waals surface area contributed by atoms with Crippen molar-refractivity contribution in [3.63, 3.8) is 0 Å². The Kier molecular flexibility index (Phi) is 8.48. The number of hydrogen-bond donors (Lipinski definition) is 2. The Labute approximate surface area is 138 Å². The molecule has 1 amide bonds. The van der Waals surface area contributed by atoms with E-state index in [4.69, 9.17) is 10.00 Å². The number of carbonyl (C=O) groups is 1. The van der Waals surface area contributed by atoms with Crippen LogP contribution in [-0.2, 0) is 16.0 Å². The van der Waals surface area contributed by atoms with Crippen molar-refractivity contribution in [1.29, 1.82) is 5.26 Å². The molecule has 0 radical (unpaired) electrons. The highest BCUT2D eigenvalue weighted by atomic mass is 16.5. The molecule has 0 aliphatic heterocycles. The number of ether oxygens (including phenoxy) is 1. The van der Waals surface area contributed by atoms with Gasteiger partial charge in [-0.1, -0.05) is 31.2 Å². The van der Waals surface area contributed by atoms with Gasteiger partial charge in [-0.3, -0.25) is 4.79 Å². The zero-order chi connectivity index (χ0) is 17.1. The zero-order valence-electron chi connectivity index (χ0n) is 14.1. The second kappa shape index (κ2) is 10.4. The number of nitrogens with zero attached hydrogens (tertiary/aromatic N) is 1. The van der Waals surface area contributed by atoms with Crippen LogP contribution in [-0.4, -0.2) is 26.2 Å². The summed E-state index contributed by atoms with van der Waals surface area (Å²) >= 11 is 0. The van der Waals surface area contributed by atoms with Crippen molar-refractivity contribution in [2.45, 2.75) is 32.7 Å². The molecule has 1 aromatic rings. The van der Waals surface area contributed by atoms with Gasteiger partial charge in [0, 0.05) is 32.5 Å². The van der Waals surface area contributed by atoms with Gasteiger partial charge >= 0.3 is 0 Å². The van der Waals surface area contributed by atoms with Crippen LogP contribution in [0.3, 0.4) is 0 Å². The Morgan fingerprint density at radius 3 is 2.65 bits per heavy atom. The van der Waals surface area contributed by atoms with Crippen LogP contribution < -0.4 is 10.6 Å². The average molecular weight is 315 g/mol. The Hall–Kier alpha value is -2.32. The Morgan fingerprint density at radius 1 is 1.39 bits per heavy atom. The van der Waals surface area contributed by atoms with E-state index in [0.29, 0.717) is 19.6 Å². The van der Waals surface area contributed by atoms with E-state index >= 15 is 0 Å². The smallest absolute Gasteiger partial charge is 0.263 e. The summed E-state index contributed by atoms with van der Waals surface area (Å²) in [5.41, 5.74) is 2.46. The predicted octanol–water partition coefficient (Wildman–Crippen LogP) is 2.46. The number of benzene rings is 1. The lowest BCUT2D eigenvalue weighted by molar-refractivity contribution is -0.117. The van der Waals surface area contributed by atoms with Gasteiger partial charge in [0.05, 0.1) is 0 Å². The van der Waals surface area contributed by atoms with Crippen molar-refractivity contribution in [3.05, 3.63) is 47.2 Å². The van der Waals surface area contributed by atoms with E-state index in [0.717, 1.165) is 12.0 Å². The molecule has 124 valence electrons. The molecule has 23 heavy (non-hydrogen) atoms. The molecule has 0 fully saturated rings. The third kappa shape index (κ3) is 6.54. The van der Waals surface area contributed by atoms with Crippen LogP contribution in [0.5, 0.6) is 0 Å². The van der Waals surface area contributed by atoms with Crippen molar-refractivity contribution in [2.24, 2.45) is 0 Å².